The summed E-state index contributed by atoms with van der Waals surface area (Å²) >= 11 is 0. The Kier molecular flexibility index (Phi) is 6.94. The zero-order chi connectivity index (χ0) is 41.4. The van der Waals surface area contributed by atoms with Crippen LogP contribution in [0.2, 0.25) is 0 Å². The minimum atomic E-state index is -0.452. The van der Waals surface area contributed by atoms with Crippen LogP contribution in [0.5, 0.6) is 0 Å². The van der Waals surface area contributed by atoms with E-state index in [1.165, 1.54) is 99.3 Å². The summed E-state index contributed by atoms with van der Waals surface area (Å²) in [5.41, 5.74) is 22.8. The molecule has 0 amide bonds. The van der Waals surface area contributed by atoms with Gasteiger partial charge in [-0.3, -0.25) is 0 Å². The number of fused-ring (bicyclic) bond motifs is 17. The van der Waals surface area contributed by atoms with Gasteiger partial charge in [0.25, 0.3) is 0 Å². The lowest BCUT2D eigenvalue weighted by atomic mass is 9.70. The molecule has 0 N–H and O–H groups in total. The third-order valence-corrected chi connectivity index (χ3v) is 14.3. The summed E-state index contributed by atoms with van der Waals surface area (Å²) in [7, 11) is 0. The Morgan fingerprint density at radius 1 is 0.333 bits per heavy atom. The maximum absolute atomic E-state index is 4.65. The van der Waals surface area contributed by atoms with Crippen molar-refractivity contribution in [3.8, 4) is 39.1 Å². The molecule has 0 atom stereocenters. The largest absolute Gasteiger partial charge is 0.310 e. The molecule has 0 unspecified atom stereocenters. The van der Waals surface area contributed by atoms with Crippen molar-refractivity contribution in [2.75, 3.05) is 4.90 Å². The highest BCUT2D eigenvalue weighted by Crippen LogP contribution is 2.63. The molecule has 2 nitrogen and oxygen atoms in total. The van der Waals surface area contributed by atoms with Gasteiger partial charge >= 0.3 is 0 Å². The molecule has 3 aliphatic carbocycles. The van der Waals surface area contributed by atoms with Crippen LogP contribution in [-0.2, 0) is 5.41 Å². The summed E-state index contributed by atoms with van der Waals surface area (Å²) in [6, 6.07) is 81.3. The first kappa shape index (κ1) is 34.5. The second-order valence-electron chi connectivity index (χ2n) is 17.3. The fourth-order valence-corrected chi connectivity index (χ4v) is 11.6. The van der Waals surface area contributed by atoms with Gasteiger partial charge < -0.3 is 9.47 Å². The van der Waals surface area contributed by atoms with E-state index < -0.39 is 5.41 Å². The number of hydrogen-bond donors (Lipinski definition) is 0. The average Bonchev–Trinajstić information content (AvgIpc) is 4.03. The summed E-state index contributed by atoms with van der Waals surface area (Å²) < 4.78 is 2.42. The summed E-state index contributed by atoms with van der Waals surface area (Å²) in [6.07, 6.45) is 0. The third kappa shape index (κ3) is 4.57. The maximum atomic E-state index is 4.65. The molecule has 1 heterocycles. The average molecular weight is 799 g/mol. The molecule has 0 aliphatic heterocycles. The SMILES string of the molecule is C=C1c2ccccc2-c2ccc(N(c3ccc4c(c3)C3(c5ccccc5-c5ccccc53)c3ccccc3-4)c3ccc4c(c3)c3ccccc3n4-c3ccc4ccccc4c3)cc21. The molecule has 0 saturated heterocycles. The highest BCUT2D eigenvalue weighted by molar-refractivity contribution is 6.11. The molecule has 1 aromatic heterocycles. The maximum Gasteiger partial charge on any atom is 0.0726 e. The molecule has 10 aromatic carbocycles. The third-order valence-electron chi connectivity index (χ3n) is 14.3. The van der Waals surface area contributed by atoms with Gasteiger partial charge in [-0.1, -0.05) is 164 Å². The van der Waals surface area contributed by atoms with E-state index in [-0.39, 0.29) is 0 Å². The lowest BCUT2D eigenvalue weighted by Gasteiger charge is -2.32. The second kappa shape index (κ2) is 12.7. The van der Waals surface area contributed by atoms with Crippen LogP contribution in [0.3, 0.4) is 0 Å². The Morgan fingerprint density at radius 2 is 0.841 bits per heavy atom. The number of rotatable bonds is 4. The lowest BCUT2D eigenvalue weighted by Crippen LogP contribution is -2.26. The Hall–Kier alpha value is -8.20. The van der Waals surface area contributed by atoms with Crippen molar-refractivity contribution in [3.63, 3.8) is 0 Å². The zero-order valence-electron chi connectivity index (χ0n) is 34.4. The van der Waals surface area contributed by atoms with E-state index in [1.807, 2.05) is 0 Å². The van der Waals surface area contributed by atoms with E-state index in [9.17, 15) is 0 Å². The summed E-state index contributed by atoms with van der Waals surface area (Å²) in [4.78, 5) is 2.47. The molecule has 3 aliphatic rings. The van der Waals surface area contributed by atoms with E-state index in [0.29, 0.717) is 0 Å². The molecule has 0 saturated carbocycles. The highest BCUT2D eigenvalue weighted by atomic mass is 15.1. The summed E-state index contributed by atoms with van der Waals surface area (Å²) in [6.45, 7) is 4.65. The monoisotopic (exact) mass is 798 g/mol. The second-order valence-corrected chi connectivity index (χ2v) is 17.3. The van der Waals surface area contributed by atoms with Crippen molar-refractivity contribution in [2.24, 2.45) is 0 Å². The van der Waals surface area contributed by atoms with Gasteiger partial charge in [-0.15, -0.1) is 0 Å². The predicted octanol–water partition coefficient (Wildman–Crippen LogP) is 15.8. The van der Waals surface area contributed by atoms with Crippen LogP contribution in [0.25, 0.3) is 77.2 Å². The Balaban J connectivity index is 1.02. The van der Waals surface area contributed by atoms with Crippen LogP contribution >= 0.6 is 0 Å². The molecule has 0 fully saturated rings. The normalized spacial score (nSPS) is 13.6. The molecule has 63 heavy (non-hydrogen) atoms. The van der Waals surface area contributed by atoms with Crippen LogP contribution in [0.4, 0.5) is 17.1 Å². The Morgan fingerprint density at radius 3 is 1.57 bits per heavy atom. The van der Waals surface area contributed by atoms with E-state index in [4.69, 9.17) is 0 Å². The predicted molar refractivity (Wildman–Crippen MR) is 263 cm³/mol. The van der Waals surface area contributed by atoms with Gasteiger partial charge in [0.05, 0.1) is 16.4 Å². The van der Waals surface area contributed by atoms with Gasteiger partial charge in [-0.05, 0) is 144 Å². The molecule has 14 rings (SSSR count). The van der Waals surface area contributed by atoms with Crippen LogP contribution in [-0.4, -0.2) is 4.57 Å². The van der Waals surface area contributed by atoms with Crippen molar-refractivity contribution in [3.05, 3.63) is 258 Å². The smallest absolute Gasteiger partial charge is 0.0726 e. The standard InChI is InChI=1S/C61H38N2/c1-38-45-16-4-5-17-46(45)47-31-28-42(35-53(38)47)62(43-30-33-60-54(36-43)52-21-9-13-25-59(52)63(60)41-27-26-39-14-2-3-15-40(39)34-41)44-29-32-51-50-20-8-12-24-57(50)61(58(51)37-44)55-22-10-6-18-48(55)49-19-7-11-23-56(49)61/h2-37H,1H2. The molecule has 11 aromatic rings. The van der Waals surface area contributed by atoms with Crippen molar-refractivity contribution in [1.82, 2.24) is 4.57 Å². The zero-order valence-corrected chi connectivity index (χ0v) is 34.4. The van der Waals surface area contributed by atoms with Crippen LogP contribution in [0.15, 0.2) is 225 Å². The van der Waals surface area contributed by atoms with Crippen LogP contribution in [0.1, 0.15) is 33.4 Å². The van der Waals surface area contributed by atoms with E-state index >= 15 is 0 Å². The van der Waals surface area contributed by atoms with Crippen molar-refractivity contribution >= 4 is 55.2 Å². The van der Waals surface area contributed by atoms with Gasteiger partial charge in [0.2, 0.25) is 0 Å². The first-order chi connectivity index (χ1) is 31.2. The Labute approximate surface area is 365 Å². The lowest BCUT2D eigenvalue weighted by molar-refractivity contribution is 0.793. The first-order valence-corrected chi connectivity index (χ1v) is 21.9. The first-order valence-electron chi connectivity index (χ1n) is 21.9. The minimum Gasteiger partial charge on any atom is -0.310 e. The molecular formula is C61H38N2. The fourth-order valence-electron chi connectivity index (χ4n) is 11.6. The van der Waals surface area contributed by atoms with Crippen LogP contribution < -0.4 is 4.90 Å². The number of hydrogen-bond acceptors (Lipinski definition) is 1. The summed E-state index contributed by atoms with van der Waals surface area (Å²) in [5.74, 6) is 0. The van der Waals surface area contributed by atoms with E-state index in [1.54, 1.807) is 0 Å². The van der Waals surface area contributed by atoms with Gasteiger partial charge in [0.15, 0.2) is 0 Å². The molecule has 1 spiro atoms. The van der Waals surface area contributed by atoms with E-state index in [2.05, 4.69) is 234 Å². The van der Waals surface area contributed by atoms with Gasteiger partial charge in [-0.25, -0.2) is 0 Å². The van der Waals surface area contributed by atoms with Crippen LogP contribution in [0, 0.1) is 0 Å². The number of benzene rings is 10. The van der Waals surface area contributed by atoms with Gasteiger partial charge in [-0.2, -0.15) is 0 Å². The number of nitrogens with zero attached hydrogens (tertiary/aromatic N) is 2. The molecular weight excluding hydrogens is 761 g/mol. The molecule has 0 bridgehead atoms. The molecule has 2 heteroatoms. The number of aromatic nitrogens is 1. The van der Waals surface area contributed by atoms with Crippen molar-refractivity contribution in [2.45, 2.75) is 5.41 Å². The highest BCUT2D eigenvalue weighted by Gasteiger charge is 2.51. The van der Waals surface area contributed by atoms with Gasteiger partial charge in [0, 0.05) is 33.5 Å². The summed E-state index contributed by atoms with van der Waals surface area (Å²) in [5, 5.41) is 4.91. The quantitative estimate of drug-likeness (QED) is 0.172. The molecule has 0 radical (unpaired) electrons. The Bertz CT molecular complexity index is 3720. The van der Waals surface area contributed by atoms with Gasteiger partial charge in [0.1, 0.15) is 0 Å². The van der Waals surface area contributed by atoms with Crippen molar-refractivity contribution in [1.29, 1.82) is 0 Å². The topological polar surface area (TPSA) is 8.17 Å². The minimum absolute atomic E-state index is 0.452. The fraction of sp³-hybridized carbons (Fsp3) is 0.0164. The number of anilines is 3. The molecule has 292 valence electrons. The number of para-hydroxylation sites is 1. The van der Waals surface area contributed by atoms with Crippen molar-refractivity contribution < 1.29 is 0 Å². The van der Waals surface area contributed by atoms with E-state index in [0.717, 1.165) is 28.3 Å².